The highest BCUT2D eigenvalue weighted by atomic mass is 35.5. The molecule has 1 N–H and O–H groups in total. The Morgan fingerprint density at radius 1 is 1.33 bits per heavy atom. The summed E-state index contributed by atoms with van der Waals surface area (Å²) in [5.74, 6) is 0.507. The van der Waals surface area contributed by atoms with Crippen LogP contribution in [0.15, 0.2) is 0 Å². The van der Waals surface area contributed by atoms with Gasteiger partial charge in [0.05, 0.1) is 0 Å². The van der Waals surface area contributed by atoms with Crippen molar-refractivity contribution in [2.75, 3.05) is 24.6 Å². The summed E-state index contributed by atoms with van der Waals surface area (Å²) in [7, 11) is 0. The minimum atomic E-state index is 0.0665. The third kappa shape index (κ3) is 3.44. The van der Waals surface area contributed by atoms with Gasteiger partial charge in [-0.3, -0.25) is 0 Å². The third-order valence-electron chi connectivity index (χ3n) is 1.87. The molecule has 1 aromatic rings. The Morgan fingerprint density at radius 3 is 2.67 bits per heavy atom. The van der Waals surface area contributed by atoms with Crippen LogP contribution in [0.2, 0.25) is 10.4 Å². The first-order chi connectivity index (χ1) is 7.19. The number of aromatic nitrogens is 3. The van der Waals surface area contributed by atoms with Crippen molar-refractivity contribution in [1.29, 1.82) is 0 Å². The summed E-state index contributed by atoms with van der Waals surface area (Å²) in [6.07, 6.45) is 0.645. The number of aliphatic hydroxyl groups excluding tert-OH is 1. The summed E-state index contributed by atoms with van der Waals surface area (Å²) in [5, 5.41) is 16.2. The number of nitrogens with zero attached hydrogens (tertiary/aromatic N) is 4. The molecule has 0 atom stereocenters. The number of anilines is 1. The molecule has 7 heteroatoms. The second-order valence-corrected chi connectivity index (χ2v) is 3.55. The summed E-state index contributed by atoms with van der Waals surface area (Å²) in [5.41, 5.74) is 0. The van der Waals surface area contributed by atoms with Gasteiger partial charge in [-0.15, -0.1) is 10.2 Å². The van der Waals surface area contributed by atoms with Gasteiger partial charge in [0.2, 0.25) is 5.28 Å². The first kappa shape index (κ1) is 12.4. The molecule has 1 heterocycles. The molecular formula is C8H12Cl2N4O. The van der Waals surface area contributed by atoms with Crippen molar-refractivity contribution in [1.82, 2.24) is 15.2 Å². The molecule has 0 saturated carbocycles. The Balaban J connectivity index is 2.85. The van der Waals surface area contributed by atoms with E-state index in [2.05, 4.69) is 15.2 Å². The molecule has 1 rings (SSSR count). The zero-order chi connectivity index (χ0) is 11.3. The highest BCUT2D eigenvalue weighted by Crippen LogP contribution is 2.21. The zero-order valence-electron chi connectivity index (χ0n) is 8.32. The molecule has 0 aliphatic carbocycles. The first-order valence-electron chi connectivity index (χ1n) is 4.60. The van der Waals surface area contributed by atoms with E-state index < -0.39 is 0 Å². The van der Waals surface area contributed by atoms with Gasteiger partial charge in [0, 0.05) is 19.7 Å². The van der Waals surface area contributed by atoms with Gasteiger partial charge in [-0.25, -0.2) is 0 Å². The van der Waals surface area contributed by atoms with Crippen molar-refractivity contribution in [3.63, 3.8) is 0 Å². The highest BCUT2D eigenvalue weighted by molar-refractivity contribution is 6.32. The van der Waals surface area contributed by atoms with Crippen LogP contribution in [-0.4, -0.2) is 40.0 Å². The minimum Gasteiger partial charge on any atom is -0.396 e. The van der Waals surface area contributed by atoms with Gasteiger partial charge < -0.3 is 10.0 Å². The standard InChI is InChI=1S/C8H12Cl2N4O/c1-2-14(4-3-5-15)7-6(9)12-13-8(10)11-7/h15H,2-5H2,1H3. The van der Waals surface area contributed by atoms with Crippen LogP contribution in [0, 0.1) is 0 Å². The average molecular weight is 251 g/mol. The van der Waals surface area contributed by atoms with E-state index in [4.69, 9.17) is 28.3 Å². The van der Waals surface area contributed by atoms with Crippen molar-refractivity contribution in [2.24, 2.45) is 0 Å². The molecule has 1 aromatic heterocycles. The molecule has 15 heavy (non-hydrogen) atoms. The van der Waals surface area contributed by atoms with Crippen LogP contribution in [0.25, 0.3) is 0 Å². The van der Waals surface area contributed by atoms with Gasteiger partial charge in [0.25, 0.3) is 0 Å². The average Bonchev–Trinajstić information content (AvgIpc) is 2.24. The molecule has 0 unspecified atom stereocenters. The molecule has 0 spiro atoms. The van der Waals surface area contributed by atoms with Crippen molar-refractivity contribution in [3.05, 3.63) is 10.4 Å². The Morgan fingerprint density at radius 2 is 2.07 bits per heavy atom. The van der Waals surface area contributed by atoms with Crippen molar-refractivity contribution >= 4 is 29.0 Å². The van der Waals surface area contributed by atoms with E-state index in [0.717, 1.165) is 6.54 Å². The van der Waals surface area contributed by atoms with E-state index in [1.54, 1.807) is 0 Å². The number of aliphatic hydroxyl groups is 1. The number of hydrogen-bond acceptors (Lipinski definition) is 5. The number of halogens is 2. The van der Waals surface area contributed by atoms with E-state index in [-0.39, 0.29) is 17.0 Å². The molecule has 0 aliphatic rings. The van der Waals surface area contributed by atoms with Gasteiger partial charge in [0.15, 0.2) is 11.0 Å². The van der Waals surface area contributed by atoms with Gasteiger partial charge in [0.1, 0.15) is 0 Å². The predicted octanol–water partition coefficient (Wildman–Crippen LogP) is 1.39. The lowest BCUT2D eigenvalue weighted by atomic mass is 10.4. The molecule has 0 fully saturated rings. The number of hydrogen-bond donors (Lipinski definition) is 1. The predicted molar refractivity (Wildman–Crippen MR) is 59.4 cm³/mol. The Labute approximate surface area is 98.0 Å². The maximum atomic E-state index is 8.75. The topological polar surface area (TPSA) is 62.1 Å². The molecule has 84 valence electrons. The lowest BCUT2D eigenvalue weighted by Crippen LogP contribution is -2.26. The van der Waals surface area contributed by atoms with Gasteiger partial charge in [-0.05, 0) is 24.9 Å². The molecule has 0 aliphatic heterocycles. The fourth-order valence-electron chi connectivity index (χ4n) is 1.16. The van der Waals surface area contributed by atoms with Crippen molar-refractivity contribution in [3.8, 4) is 0 Å². The first-order valence-corrected chi connectivity index (χ1v) is 5.36. The second-order valence-electron chi connectivity index (χ2n) is 2.85. The molecule has 0 amide bonds. The normalized spacial score (nSPS) is 10.4. The summed E-state index contributed by atoms with van der Waals surface area (Å²) < 4.78 is 0. The summed E-state index contributed by atoms with van der Waals surface area (Å²) in [6.45, 7) is 3.46. The minimum absolute atomic E-state index is 0.0665. The molecule has 0 aromatic carbocycles. The van der Waals surface area contributed by atoms with E-state index in [9.17, 15) is 0 Å². The molecule has 0 radical (unpaired) electrons. The maximum absolute atomic E-state index is 8.75. The van der Waals surface area contributed by atoms with Crippen LogP contribution in [0.3, 0.4) is 0 Å². The summed E-state index contributed by atoms with van der Waals surface area (Å²) in [4.78, 5) is 5.89. The molecular weight excluding hydrogens is 239 g/mol. The highest BCUT2D eigenvalue weighted by Gasteiger charge is 2.12. The van der Waals surface area contributed by atoms with Crippen LogP contribution in [-0.2, 0) is 0 Å². The summed E-state index contributed by atoms with van der Waals surface area (Å²) in [6, 6.07) is 0. The summed E-state index contributed by atoms with van der Waals surface area (Å²) >= 11 is 11.5. The third-order valence-corrected chi connectivity index (χ3v) is 2.28. The Bertz CT molecular complexity index is 324. The van der Waals surface area contributed by atoms with Crippen molar-refractivity contribution in [2.45, 2.75) is 13.3 Å². The van der Waals surface area contributed by atoms with E-state index in [0.29, 0.717) is 18.8 Å². The smallest absolute Gasteiger partial charge is 0.245 e. The monoisotopic (exact) mass is 250 g/mol. The lowest BCUT2D eigenvalue weighted by molar-refractivity contribution is 0.289. The van der Waals surface area contributed by atoms with Gasteiger partial charge in [-0.2, -0.15) is 4.98 Å². The van der Waals surface area contributed by atoms with Crippen LogP contribution >= 0.6 is 23.2 Å². The van der Waals surface area contributed by atoms with E-state index in [1.807, 2.05) is 11.8 Å². The molecule has 0 saturated heterocycles. The molecule has 5 nitrogen and oxygen atoms in total. The maximum Gasteiger partial charge on any atom is 0.245 e. The van der Waals surface area contributed by atoms with Gasteiger partial charge >= 0.3 is 0 Å². The Kier molecular flexibility index (Phi) is 5.01. The van der Waals surface area contributed by atoms with Crippen LogP contribution < -0.4 is 4.90 Å². The van der Waals surface area contributed by atoms with Crippen LogP contribution in [0.5, 0.6) is 0 Å². The number of rotatable bonds is 5. The zero-order valence-corrected chi connectivity index (χ0v) is 9.83. The fraction of sp³-hybridized carbons (Fsp3) is 0.625. The van der Waals surface area contributed by atoms with E-state index in [1.165, 1.54) is 0 Å². The largest absolute Gasteiger partial charge is 0.396 e. The van der Waals surface area contributed by atoms with E-state index >= 15 is 0 Å². The second kappa shape index (κ2) is 6.05. The SMILES string of the molecule is CCN(CCCO)c1nc(Cl)nnc1Cl. The molecule has 0 bridgehead atoms. The van der Waals surface area contributed by atoms with Gasteiger partial charge in [-0.1, -0.05) is 11.6 Å². The van der Waals surface area contributed by atoms with Crippen molar-refractivity contribution < 1.29 is 5.11 Å². The van der Waals surface area contributed by atoms with Crippen LogP contribution in [0.1, 0.15) is 13.3 Å². The Hall–Kier alpha value is -0.650. The quantitative estimate of drug-likeness (QED) is 0.856. The fourth-order valence-corrected chi connectivity index (χ4v) is 1.48. The van der Waals surface area contributed by atoms with Crippen LogP contribution in [0.4, 0.5) is 5.82 Å². The lowest BCUT2D eigenvalue weighted by Gasteiger charge is -2.21.